The maximum Gasteiger partial charge on any atom is 0.344 e. The Morgan fingerprint density at radius 1 is 1.11 bits per heavy atom. The fourth-order valence-electron chi connectivity index (χ4n) is 4.95. The van der Waals surface area contributed by atoms with Gasteiger partial charge in [0.05, 0.1) is 22.6 Å². The number of carbonyl (C=O) groups excluding carboxylic acids is 2. The van der Waals surface area contributed by atoms with Gasteiger partial charge in [-0.05, 0) is 43.5 Å². The van der Waals surface area contributed by atoms with Crippen LogP contribution in [0.5, 0.6) is 0 Å². The molecule has 1 aliphatic carbocycles. The lowest BCUT2D eigenvalue weighted by molar-refractivity contribution is -0.384. The molecule has 1 N–H and O–H groups in total. The number of amides is 1. The Morgan fingerprint density at radius 3 is 2.55 bits per heavy atom. The Hall–Kier alpha value is -4.60. The smallest absolute Gasteiger partial charge is 0.344 e. The molecule has 2 aromatic heterocycles. The van der Waals surface area contributed by atoms with Crippen molar-refractivity contribution in [1.82, 2.24) is 14.5 Å². The number of nitrogens with zero attached hydrogens (tertiary/aromatic N) is 4. The number of nitrogens with one attached hydrogen (secondary N) is 1. The van der Waals surface area contributed by atoms with E-state index >= 15 is 0 Å². The number of benzene rings is 2. The van der Waals surface area contributed by atoms with Crippen LogP contribution in [0.2, 0.25) is 0 Å². The lowest BCUT2D eigenvalue weighted by Crippen LogP contribution is -2.20. The molecule has 0 bridgehead atoms. The van der Waals surface area contributed by atoms with Gasteiger partial charge in [-0.3, -0.25) is 14.9 Å². The number of nitro groups is 1. The molecule has 0 atom stereocenters. The van der Waals surface area contributed by atoms with Gasteiger partial charge in [0, 0.05) is 24.3 Å². The van der Waals surface area contributed by atoms with E-state index in [4.69, 9.17) is 14.7 Å². The number of nitro benzene ring substituents is 1. The molecule has 1 fully saturated rings. The second-order valence-corrected chi connectivity index (χ2v) is 9.17. The number of para-hydroxylation sites is 2. The highest BCUT2D eigenvalue weighted by Gasteiger charge is 2.31. The molecule has 1 amide bonds. The number of anilines is 1. The van der Waals surface area contributed by atoms with Crippen molar-refractivity contribution in [3.05, 3.63) is 75.8 Å². The van der Waals surface area contributed by atoms with Crippen molar-refractivity contribution in [3.8, 4) is 0 Å². The van der Waals surface area contributed by atoms with Crippen molar-refractivity contribution in [2.75, 3.05) is 11.9 Å². The zero-order valence-corrected chi connectivity index (χ0v) is 20.9. The summed E-state index contributed by atoms with van der Waals surface area (Å²) in [6.07, 6.45) is 7.72. The Kier molecular flexibility index (Phi) is 7.12. The molecule has 5 rings (SSSR count). The van der Waals surface area contributed by atoms with Gasteiger partial charge in [-0.2, -0.15) is 0 Å². The summed E-state index contributed by atoms with van der Waals surface area (Å²) in [4.78, 5) is 46.6. The summed E-state index contributed by atoms with van der Waals surface area (Å²) in [6.45, 7) is 1.88. The van der Waals surface area contributed by atoms with Gasteiger partial charge in [-0.15, -0.1) is 0 Å². The van der Waals surface area contributed by atoms with Gasteiger partial charge in [0.15, 0.2) is 5.65 Å². The summed E-state index contributed by atoms with van der Waals surface area (Å²) >= 11 is 0. The van der Waals surface area contributed by atoms with Crippen LogP contribution in [-0.4, -0.2) is 37.9 Å². The van der Waals surface area contributed by atoms with E-state index in [0.29, 0.717) is 33.6 Å². The van der Waals surface area contributed by atoms with Crippen LogP contribution in [0, 0.1) is 10.1 Å². The van der Waals surface area contributed by atoms with E-state index in [2.05, 4.69) is 5.32 Å². The zero-order valence-electron chi connectivity index (χ0n) is 20.9. The fraction of sp³-hybridized carbons (Fsp3) is 0.286. The topological polar surface area (TPSA) is 129 Å². The number of esters is 1. The van der Waals surface area contributed by atoms with Crippen molar-refractivity contribution >= 4 is 51.7 Å². The number of carbonyl (C=O) groups is 2. The minimum atomic E-state index is -0.588. The predicted octanol–water partition coefficient (Wildman–Crippen LogP) is 5.83. The van der Waals surface area contributed by atoms with Gasteiger partial charge >= 0.3 is 5.97 Å². The molecule has 1 aliphatic rings. The van der Waals surface area contributed by atoms with E-state index in [9.17, 15) is 19.7 Å². The van der Waals surface area contributed by atoms with Crippen molar-refractivity contribution in [2.45, 2.75) is 45.1 Å². The van der Waals surface area contributed by atoms with Gasteiger partial charge in [0.1, 0.15) is 16.9 Å². The first kappa shape index (κ1) is 25.1. The number of fused-ring (bicyclic) bond motifs is 2. The minimum Gasteiger partial charge on any atom is -0.462 e. The third-order valence-electron chi connectivity index (χ3n) is 6.66. The van der Waals surface area contributed by atoms with Crippen LogP contribution in [0.25, 0.3) is 28.3 Å². The molecule has 10 heteroatoms. The Morgan fingerprint density at radius 2 is 1.84 bits per heavy atom. The average molecular weight is 514 g/mol. The lowest BCUT2D eigenvalue weighted by atomic mass is 9.95. The highest BCUT2D eigenvalue weighted by atomic mass is 16.6. The van der Waals surface area contributed by atoms with Gasteiger partial charge in [0.25, 0.3) is 5.69 Å². The van der Waals surface area contributed by atoms with Gasteiger partial charge in [0.2, 0.25) is 5.91 Å². The normalized spacial score (nSPS) is 14.2. The van der Waals surface area contributed by atoms with Crippen molar-refractivity contribution in [3.63, 3.8) is 0 Å². The quantitative estimate of drug-likeness (QED) is 0.142. The second-order valence-electron chi connectivity index (χ2n) is 9.17. The number of hydrogen-bond donors (Lipinski definition) is 1. The first-order valence-electron chi connectivity index (χ1n) is 12.7. The summed E-state index contributed by atoms with van der Waals surface area (Å²) in [5.74, 6) is -0.782. The van der Waals surface area contributed by atoms with Crippen molar-refractivity contribution in [2.24, 2.45) is 0 Å². The van der Waals surface area contributed by atoms with E-state index < -0.39 is 16.8 Å². The van der Waals surface area contributed by atoms with Crippen LogP contribution in [0.1, 0.15) is 61.0 Å². The maximum absolute atomic E-state index is 13.2. The first-order chi connectivity index (χ1) is 18.5. The summed E-state index contributed by atoms with van der Waals surface area (Å²) < 4.78 is 7.31. The number of ether oxygens (including phenoxy) is 1. The van der Waals surface area contributed by atoms with E-state index in [-0.39, 0.29) is 23.9 Å². The molecule has 0 radical (unpaired) electrons. The van der Waals surface area contributed by atoms with Crippen LogP contribution in [-0.2, 0) is 9.53 Å². The predicted molar refractivity (Wildman–Crippen MR) is 144 cm³/mol. The molecule has 38 heavy (non-hydrogen) atoms. The van der Waals surface area contributed by atoms with Crippen LogP contribution in [0.15, 0.2) is 54.6 Å². The minimum absolute atomic E-state index is 0.0286. The highest BCUT2D eigenvalue weighted by Crippen LogP contribution is 2.38. The zero-order chi connectivity index (χ0) is 26.6. The monoisotopic (exact) mass is 513 g/mol. The Labute approximate surface area is 218 Å². The molecule has 10 nitrogen and oxygen atoms in total. The first-order valence-corrected chi connectivity index (χ1v) is 12.7. The molecule has 2 heterocycles. The third-order valence-corrected chi connectivity index (χ3v) is 6.66. The van der Waals surface area contributed by atoms with Gasteiger partial charge in [-0.25, -0.2) is 14.8 Å². The number of non-ortho nitro benzene ring substituents is 1. The Balaban J connectivity index is 1.62. The van der Waals surface area contributed by atoms with Gasteiger partial charge in [-0.1, -0.05) is 43.5 Å². The highest BCUT2D eigenvalue weighted by molar-refractivity contribution is 6.13. The van der Waals surface area contributed by atoms with E-state index in [1.165, 1.54) is 24.3 Å². The second kappa shape index (κ2) is 10.8. The summed E-state index contributed by atoms with van der Waals surface area (Å²) in [6, 6.07) is 13.4. The van der Waals surface area contributed by atoms with Crippen molar-refractivity contribution in [1.29, 1.82) is 0 Å². The van der Waals surface area contributed by atoms with Crippen LogP contribution < -0.4 is 5.32 Å². The molecular formula is C28H27N5O5. The number of rotatable bonds is 7. The standard InChI is InChI=1S/C28H27N5O5/c1-2-38-28(35)24-25-27(30-22-14-7-6-13-21(22)29-25)32(19-10-4-3-5-11-19)26(24)31-23(34)16-15-18-9-8-12-20(17-18)33(36)37/h6-9,12-17,19H,2-5,10-11H2,1H3,(H,31,34). The lowest BCUT2D eigenvalue weighted by Gasteiger charge is -2.26. The van der Waals surface area contributed by atoms with Gasteiger partial charge < -0.3 is 14.6 Å². The molecule has 2 aromatic carbocycles. The summed E-state index contributed by atoms with van der Waals surface area (Å²) in [5, 5.41) is 14.0. The van der Waals surface area contributed by atoms with Crippen LogP contribution >= 0.6 is 0 Å². The average Bonchev–Trinajstić information content (AvgIpc) is 3.23. The largest absolute Gasteiger partial charge is 0.462 e. The van der Waals surface area contributed by atoms with E-state index in [1.807, 2.05) is 28.8 Å². The molecule has 194 valence electrons. The summed E-state index contributed by atoms with van der Waals surface area (Å²) in [7, 11) is 0. The van der Waals surface area contributed by atoms with Crippen LogP contribution in [0.3, 0.4) is 0 Å². The van der Waals surface area contributed by atoms with E-state index in [0.717, 1.165) is 32.1 Å². The maximum atomic E-state index is 13.2. The molecule has 0 spiro atoms. The number of hydrogen-bond acceptors (Lipinski definition) is 7. The summed E-state index contributed by atoms with van der Waals surface area (Å²) in [5.41, 5.74) is 2.83. The fourth-order valence-corrected chi connectivity index (χ4v) is 4.95. The van der Waals surface area contributed by atoms with E-state index in [1.54, 1.807) is 19.1 Å². The molecule has 4 aromatic rings. The Bertz CT molecular complexity index is 1570. The molecule has 0 unspecified atom stereocenters. The number of aromatic nitrogens is 3. The van der Waals surface area contributed by atoms with Crippen molar-refractivity contribution < 1.29 is 19.2 Å². The molecular weight excluding hydrogens is 486 g/mol. The van der Waals surface area contributed by atoms with Crippen LogP contribution in [0.4, 0.5) is 11.5 Å². The molecule has 1 saturated carbocycles. The molecule has 0 saturated heterocycles. The SMILES string of the molecule is CCOC(=O)c1c(NC(=O)C=Cc2cccc([N+](=O)[O-])c2)n(C2CCCCC2)c2nc3ccccc3nc12. The molecule has 0 aliphatic heterocycles. The third kappa shape index (κ3) is 4.97.